The summed E-state index contributed by atoms with van der Waals surface area (Å²) in [6.45, 7) is 11.9. The normalized spacial score (nSPS) is 17.9. The summed E-state index contributed by atoms with van der Waals surface area (Å²) in [5, 5.41) is 14.2. The van der Waals surface area contributed by atoms with Gasteiger partial charge in [-0.3, -0.25) is 9.69 Å². The molecule has 1 atom stereocenters. The van der Waals surface area contributed by atoms with Crippen molar-refractivity contribution in [1.82, 2.24) is 30.1 Å². The second-order valence-corrected chi connectivity index (χ2v) is 11.2. The number of anilines is 1. The monoisotopic (exact) mass is 511 g/mol. The highest BCUT2D eigenvalue weighted by Crippen LogP contribution is 2.35. The predicted molar refractivity (Wildman–Crippen MR) is 151 cm³/mol. The fourth-order valence-corrected chi connectivity index (χ4v) is 6.48. The lowest BCUT2D eigenvalue weighted by Gasteiger charge is -2.40. The number of nitrogens with one attached hydrogen (secondary N) is 1. The van der Waals surface area contributed by atoms with Crippen LogP contribution in [0.3, 0.4) is 0 Å². The van der Waals surface area contributed by atoms with Crippen molar-refractivity contribution < 1.29 is 0 Å². The molecule has 2 fully saturated rings. The largest absolute Gasteiger partial charge is 0.369 e. The zero-order valence-electron chi connectivity index (χ0n) is 22.9. The molecular formula is C30H37N7O. The van der Waals surface area contributed by atoms with Crippen molar-refractivity contribution in [3.63, 3.8) is 0 Å². The van der Waals surface area contributed by atoms with Crippen LogP contribution in [-0.4, -0.2) is 56.3 Å². The zero-order chi connectivity index (χ0) is 26.4. The number of piperazine rings is 1. The van der Waals surface area contributed by atoms with E-state index in [0.29, 0.717) is 6.04 Å². The van der Waals surface area contributed by atoms with Gasteiger partial charge in [0, 0.05) is 37.4 Å². The fraction of sp³-hybridized carbons (Fsp3) is 0.467. The molecule has 8 nitrogen and oxygen atoms in total. The molecule has 6 rings (SSSR count). The number of aromatic amines is 1. The highest BCUT2D eigenvalue weighted by atomic mass is 16.1. The lowest BCUT2D eigenvalue weighted by atomic mass is 9.99. The maximum absolute atomic E-state index is 13.7. The molecule has 1 aliphatic heterocycles. The Labute approximate surface area is 223 Å². The van der Waals surface area contributed by atoms with Crippen LogP contribution in [0.1, 0.15) is 71.4 Å². The number of hydrogen-bond donors (Lipinski definition) is 1. The molecule has 1 N–H and O–H groups in total. The molecule has 2 aliphatic rings. The van der Waals surface area contributed by atoms with Gasteiger partial charge < -0.3 is 9.88 Å². The standard InChI is InChI=1S/C30H37N7O/c1-19-9-10-21(3)26(17-19)35-11-13-36(14-12-35)28(29-32-33-34-37(29)24-7-5-6-8-24)25-18-23-16-20(2)15-22(4)27(23)31-30(25)38/h9-10,15-18,24,28H,5-8,11-14H2,1-4H3,(H,31,38). The van der Waals surface area contributed by atoms with Crippen LogP contribution in [0, 0.1) is 27.7 Å². The summed E-state index contributed by atoms with van der Waals surface area (Å²) >= 11 is 0. The fourth-order valence-electron chi connectivity index (χ4n) is 6.48. The molecule has 1 aliphatic carbocycles. The van der Waals surface area contributed by atoms with E-state index in [2.05, 4.69) is 94.4 Å². The second kappa shape index (κ2) is 9.98. The van der Waals surface area contributed by atoms with Crippen LogP contribution in [0.15, 0.2) is 41.2 Å². The SMILES string of the molecule is Cc1ccc(C)c(N2CCN(C(c3cc4cc(C)cc(C)c4[nH]c3=O)c3nnnn3C3CCCC3)CC2)c1. The number of rotatable bonds is 5. The number of H-pyrrole nitrogens is 1. The van der Waals surface area contributed by atoms with Gasteiger partial charge in [0.25, 0.3) is 5.56 Å². The third-order valence-corrected chi connectivity index (χ3v) is 8.43. The van der Waals surface area contributed by atoms with E-state index in [1.54, 1.807) is 0 Å². The Morgan fingerprint density at radius 3 is 2.42 bits per heavy atom. The molecular weight excluding hydrogens is 474 g/mol. The molecule has 1 saturated carbocycles. The Morgan fingerprint density at radius 1 is 0.895 bits per heavy atom. The van der Waals surface area contributed by atoms with E-state index in [1.807, 2.05) is 4.68 Å². The smallest absolute Gasteiger partial charge is 0.253 e. The van der Waals surface area contributed by atoms with Crippen LogP contribution in [0.5, 0.6) is 0 Å². The lowest BCUT2D eigenvalue weighted by molar-refractivity contribution is 0.196. The quantitative estimate of drug-likeness (QED) is 0.415. The molecule has 4 aromatic rings. The predicted octanol–water partition coefficient (Wildman–Crippen LogP) is 4.77. The average molecular weight is 512 g/mol. The van der Waals surface area contributed by atoms with Gasteiger partial charge in [-0.1, -0.05) is 36.6 Å². The van der Waals surface area contributed by atoms with E-state index in [9.17, 15) is 4.79 Å². The molecule has 0 amide bonds. The van der Waals surface area contributed by atoms with Gasteiger partial charge in [0.1, 0.15) is 6.04 Å². The van der Waals surface area contributed by atoms with Gasteiger partial charge in [-0.25, -0.2) is 4.68 Å². The minimum atomic E-state index is -0.305. The first kappa shape index (κ1) is 24.8. The summed E-state index contributed by atoms with van der Waals surface area (Å²) in [6.07, 6.45) is 4.55. The number of pyridine rings is 1. The number of hydrogen-bond acceptors (Lipinski definition) is 6. The minimum Gasteiger partial charge on any atom is -0.369 e. The molecule has 1 saturated heterocycles. The van der Waals surface area contributed by atoms with Crippen LogP contribution in [0.2, 0.25) is 0 Å². The van der Waals surface area contributed by atoms with Crippen molar-refractivity contribution in [2.45, 2.75) is 65.5 Å². The van der Waals surface area contributed by atoms with Gasteiger partial charge in [-0.05, 0) is 91.2 Å². The highest BCUT2D eigenvalue weighted by molar-refractivity contribution is 5.83. The van der Waals surface area contributed by atoms with E-state index < -0.39 is 0 Å². The molecule has 3 heterocycles. The van der Waals surface area contributed by atoms with Crippen LogP contribution >= 0.6 is 0 Å². The Balaban J connectivity index is 1.41. The summed E-state index contributed by atoms with van der Waals surface area (Å²) in [5.41, 5.74) is 7.69. The maximum Gasteiger partial charge on any atom is 0.253 e. The van der Waals surface area contributed by atoms with Crippen molar-refractivity contribution in [3.05, 3.63) is 80.4 Å². The number of benzene rings is 2. The molecule has 38 heavy (non-hydrogen) atoms. The third kappa shape index (κ3) is 4.51. The van der Waals surface area contributed by atoms with Crippen LogP contribution < -0.4 is 10.5 Å². The van der Waals surface area contributed by atoms with E-state index >= 15 is 0 Å². The minimum absolute atomic E-state index is 0.0626. The first-order valence-electron chi connectivity index (χ1n) is 13.9. The third-order valence-electron chi connectivity index (χ3n) is 8.43. The number of nitrogens with zero attached hydrogens (tertiary/aromatic N) is 6. The summed E-state index contributed by atoms with van der Waals surface area (Å²) < 4.78 is 2.01. The van der Waals surface area contributed by atoms with Crippen molar-refractivity contribution in [2.75, 3.05) is 31.1 Å². The van der Waals surface area contributed by atoms with Gasteiger partial charge in [0.15, 0.2) is 5.82 Å². The van der Waals surface area contributed by atoms with Crippen molar-refractivity contribution in [2.24, 2.45) is 0 Å². The van der Waals surface area contributed by atoms with Gasteiger partial charge in [0.05, 0.1) is 11.6 Å². The van der Waals surface area contributed by atoms with Crippen molar-refractivity contribution in [3.8, 4) is 0 Å². The van der Waals surface area contributed by atoms with E-state index in [-0.39, 0.29) is 11.6 Å². The van der Waals surface area contributed by atoms with Gasteiger partial charge >= 0.3 is 0 Å². The number of fused-ring (bicyclic) bond motifs is 1. The van der Waals surface area contributed by atoms with Crippen molar-refractivity contribution >= 4 is 16.6 Å². The molecule has 1 unspecified atom stereocenters. The number of aromatic nitrogens is 5. The number of aryl methyl sites for hydroxylation is 4. The Kier molecular flexibility index (Phi) is 6.51. The van der Waals surface area contributed by atoms with E-state index in [1.165, 1.54) is 35.2 Å². The summed E-state index contributed by atoms with van der Waals surface area (Å²) in [5.74, 6) is 0.784. The summed E-state index contributed by atoms with van der Waals surface area (Å²) in [6, 6.07) is 13.0. The first-order chi connectivity index (χ1) is 18.4. The van der Waals surface area contributed by atoms with E-state index in [4.69, 9.17) is 0 Å². The summed E-state index contributed by atoms with van der Waals surface area (Å²) in [4.78, 5) is 21.7. The first-order valence-corrected chi connectivity index (χ1v) is 13.9. The van der Waals surface area contributed by atoms with Gasteiger partial charge in [-0.15, -0.1) is 5.10 Å². The van der Waals surface area contributed by atoms with Gasteiger partial charge in [-0.2, -0.15) is 0 Å². The maximum atomic E-state index is 13.7. The molecule has 0 bridgehead atoms. The van der Waals surface area contributed by atoms with E-state index in [0.717, 1.165) is 66.9 Å². The number of tetrazole rings is 1. The highest BCUT2D eigenvalue weighted by Gasteiger charge is 2.35. The molecule has 2 aromatic heterocycles. The molecule has 198 valence electrons. The molecule has 8 heteroatoms. The molecule has 2 aromatic carbocycles. The van der Waals surface area contributed by atoms with Crippen molar-refractivity contribution in [1.29, 1.82) is 0 Å². The Morgan fingerprint density at radius 2 is 1.66 bits per heavy atom. The molecule has 0 radical (unpaired) electrons. The lowest BCUT2D eigenvalue weighted by Crippen LogP contribution is -2.49. The zero-order valence-corrected chi connectivity index (χ0v) is 22.9. The topological polar surface area (TPSA) is 82.9 Å². The van der Waals surface area contributed by atoms with Crippen LogP contribution in [0.4, 0.5) is 5.69 Å². The summed E-state index contributed by atoms with van der Waals surface area (Å²) in [7, 11) is 0. The average Bonchev–Trinajstić information content (AvgIpc) is 3.59. The van der Waals surface area contributed by atoms with Gasteiger partial charge in [0.2, 0.25) is 0 Å². The Hall–Kier alpha value is -3.52. The van der Waals surface area contributed by atoms with Crippen LogP contribution in [-0.2, 0) is 0 Å². The molecule has 0 spiro atoms. The van der Waals surface area contributed by atoms with Crippen LogP contribution in [0.25, 0.3) is 10.9 Å². The second-order valence-electron chi connectivity index (χ2n) is 11.2. The Bertz CT molecular complexity index is 1520.